The van der Waals surface area contributed by atoms with Gasteiger partial charge < -0.3 is 24.3 Å². The van der Waals surface area contributed by atoms with Crippen LogP contribution in [0.3, 0.4) is 0 Å². The van der Waals surface area contributed by atoms with Crippen LogP contribution in [0.5, 0.6) is 5.75 Å². The lowest BCUT2D eigenvalue weighted by Gasteiger charge is -2.32. The lowest BCUT2D eigenvalue weighted by Crippen LogP contribution is -2.59. The van der Waals surface area contributed by atoms with Crippen molar-refractivity contribution in [1.29, 1.82) is 0 Å². The molecule has 0 aliphatic carbocycles. The fraction of sp³-hybridized carbons (Fsp3) is 0.259. The number of quaternary nitrogens is 1. The Bertz CT molecular complexity index is 1410. The minimum atomic E-state index is -1.41. The van der Waals surface area contributed by atoms with Gasteiger partial charge in [0, 0.05) is 36.7 Å². The number of ether oxygens (including phenoxy) is 2. The van der Waals surface area contributed by atoms with E-state index in [0.29, 0.717) is 11.3 Å². The van der Waals surface area contributed by atoms with Crippen LogP contribution < -0.4 is 14.3 Å². The van der Waals surface area contributed by atoms with Gasteiger partial charge in [0.25, 0.3) is 6.09 Å². The van der Waals surface area contributed by atoms with E-state index in [-0.39, 0.29) is 24.6 Å². The number of rotatable bonds is 7. The highest BCUT2D eigenvalue weighted by atomic mass is 32.1. The molecule has 0 N–H and O–H groups in total. The second-order valence-corrected chi connectivity index (χ2v) is 10.3. The molecule has 0 spiro atoms. The lowest BCUT2D eigenvalue weighted by molar-refractivity contribution is -0.257. The number of carbonyl (C=O) groups is 3. The molecule has 2 amide bonds. The molecule has 4 rings (SSSR count). The third-order valence-corrected chi connectivity index (χ3v) is 6.32. The van der Waals surface area contributed by atoms with Gasteiger partial charge in [-0.05, 0) is 56.6 Å². The van der Waals surface area contributed by atoms with Gasteiger partial charge in [0.1, 0.15) is 28.9 Å². The third kappa shape index (κ3) is 6.19. The van der Waals surface area contributed by atoms with Gasteiger partial charge in [-0.2, -0.15) is 4.48 Å². The summed E-state index contributed by atoms with van der Waals surface area (Å²) in [4.78, 5) is 42.9. The highest BCUT2D eigenvalue weighted by molar-refractivity contribution is 7.03. The molecule has 39 heavy (non-hydrogen) atoms. The van der Waals surface area contributed by atoms with E-state index in [0.717, 1.165) is 11.3 Å². The standard InChI is InChI=1S/C27H27N5O6S/c1-27(2,3)38-25(34)31(4)15-13-23-28-14-16-32(23,26(35)36)20-9-11-21(12-10-20)37-24(33)19-7-5-18(6-8-19)22-17-39-30-29-22/h5-12,14,16-17H,13,15H2,1-4H3. The number of nitrogens with zero attached hydrogens (tertiary/aromatic N) is 5. The van der Waals surface area contributed by atoms with Crippen molar-refractivity contribution in [2.45, 2.75) is 32.8 Å². The fourth-order valence-corrected chi connectivity index (χ4v) is 4.29. The van der Waals surface area contributed by atoms with E-state index >= 15 is 0 Å². The first-order valence-corrected chi connectivity index (χ1v) is 12.8. The SMILES string of the molecule is CN(CCC1=NC=C[N+]1(C(=O)[O-])c1ccc(OC(=O)c2ccc(-c3csnn3)cc2)cc1)C(=O)OC(C)(C)C. The molecule has 11 nitrogen and oxygen atoms in total. The lowest BCUT2D eigenvalue weighted by atomic mass is 10.1. The van der Waals surface area contributed by atoms with Crippen LogP contribution in [-0.2, 0) is 4.74 Å². The molecular weight excluding hydrogens is 522 g/mol. The average molecular weight is 550 g/mol. The van der Waals surface area contributed by atoms with E-state index in [1.54, 1.807) is 52.1 Å². The van der Waals surface area contributed by atoms with Crippen molar-refractivity contribution in [2.75, 3.05) is 13.6 Å². The van der Waals surface area contributed by atoms with Crippen molar-refractivity contribution >= 4 is 41.2 Å². The van der Waals surface area contributed by atoms with Crippen LogP contribution >= 0.6 is 11.5 Å². The van der Waals surface area contributed by atoms with Gasteiger partial charge in [-0.15, -0.1) is 5.10 Å². The topological polar surface area (TPSA) is 134 Å². The van der Waals surface area contributed by atoms with Crippen molar-refractivity contribution in [3.8, 4) is 17.0 Å². The molecule has 0 bridgehead atoms. The maximum atomic E-state index is 12.6. The Labute approximate surface area is 229 Å². The molecule has 1 atom stereocenters. The average Bonchev–Trinajstić information content (AvgIpc) is 3.58. The molecule has 0 fully saturated rings. The number of hydrogen-bond acceptors (Lipinski definition) is 10. The molecule has 1 aliphatic heterocycles. The number of hydrogen-bond donors (Lipinski definition) is 0. The van der Waals surface area contributed by atoms with Crippen LogP contribution in [0.1, 0.15) is 37.6 Å². The summed E-state index contributed by atoms with van der Waals surface area (Å²) in [6, 6.07) is 12.8. The molecule has 12 heteroatoms. The fourth-order valence-electron chi connectivity index (χ4n) is 3.83. The number of carboxylic acid groups (broad SMARTS) is 1. The maximum Gasteiger partial charge on any atom is 0.410 e. The van der Waals surface area contributed by atoms with Crippen molar-refractivity contribution < 1.29 is 29.0 Å². The second-order valence-electron chi connectivity index (χ2n) is 9.73. The number of aliphatic imine (C=N–C) groups is 1. The molecular formula is C27H27N5O6S. The number of benzene rings is 2. The number of amides is 2. The normalized spacial score (nSPS) is 16.5. The zero-order valence-electron chi connectivity index (χ0n) is 21.9. The van der Waals surface area contributed by atoms with E-state index in [4.69, 9.17) is 9.47 Å². The van der Waals surface area contributed by atoms with Gasteiger partial charge >= 0.3 is 12.1 Å². The summed E-state index contributed by atoms with van der Waals surface area (Å²) in [6.07, 6.45) is 0.987. The predicted octanol–water partition coefficient (Wildman–Crippen LogP) is 4.22. The zero-order chi connectivity index (χ0) is 28.2. The molecule has 1 aromatic heterocycles. The quantitative estimate of drug-likeness (QED) is 0.243. The van der Waals surface area contributed by atoms with Crippen LogP contribution in [0.2, 0.25) is 0 Å². The molecule has 202 valence electrons. The third-order valence-electron chi connectivity index (χ3n) is 5.82. The van der Waals surface area contributed by atoms with Gasteiger partial charge in [-0.25, -0.2) is 14.6 Å². The Morgan fingerprint density at radius 3 is 2.33 bits per heavy atom. The smallest absolute Gasteiger partial charge is 0.410 e. The molecule has 2 heterocycles. The van der Waals surface area contributed by atoms with E-state index in [1.807, 2.05) is 5.38 Å². The molecule has 0 saturated heterocycles. The van der Waals surface area contributed by atoms with Crippen molar-refractivity contribution in [2.24, 2.45) is 4.99 Å². The molecule has 1 unspecified atom stereocenters. The Morgan fingerprint density at radius 1 is 1.05 bits per heavy atom. The van der Waals surface area contributed by atoms with Crippen molar-refractivity contribution in [3.63, 3.8) is 0 Å². The molecule has 3 aromatic rings. The van der Waals surface area contributed by atoms with Crippen LogP contribution in [0.15, 0.2) is 71.3 Å². The van der Waals surface area contributed by atoms with Gasteiger partial charge in [-0.3, -0.25) is 0 Å². The summed E-state index contributed by atoms with van der Waals surface area (Å²) in [6.45, 7) is 5.47. The maximum absolute atomic E-state index is 12.6. The van der Waals surface area contributed by atoms with E-state index in [2.05, 4.69) is 14.6 Å². The summed E-state index contributed by atoms with van der Waals surface area (Å²) in [5.41, 5.74) is 1.56. The highest BCUT2D eigenvalue weighted by Crippen LogP contribution is 2.31. The predicted molar refractivity (Wildman–Crippen MR) is 144 cm³/mol. The monoisotopic (exact) mass is 549 g/mol. The van der Waals surface area contributed by atoms with E-state index in [1.165, 1.54) is 53.1 Å². The summed E-state index contributed by atoms with van der Waals surface area (Å²) >= 11 is 1.24. The van der Waals surface area contributed by atoms with Crippen LogP contribution in [0, 0.1) is 0 Å². The number of carbonyl (C=O) groups excluding carboxylic acids is 3. The molecule has 2 aromatic carbocycles. The Morgan fingerprint density at radius 2 is 1.74 bits per heavy atom. The van der Waals surface area contributed by atoms with E-state index in [9.17, 15) is 19.5 Å². The van der Waals surface area contributed by atoms with Gasteiger partial charge in [0.15, 0.2) is 0 Å². The van der Waals surface area contributed by atoms with Crippen LogP contribution in [-0.4, -0.2) is 57.7 Å². The second kappa shape index (κ2) is 11.1. The first kappa shape index (κ1) is 27.6. The Hall–Kier alpha value is -4.42. The first-order valence-electron chi connectivity index (χ1n) is 12.0. The largest absolute Gasteiger partial charge is 0.497 e. The van der Waals surface area contributed by atoms with Gasteiger partial charge in [-0.1, -0.05) is 16.6 Å². The zero-order valence-corrected chi connectivity index (χ0v) is 22.7. The van der Waals surface area contributed by atoms with Gasteiger partial charge in [0.05, 0.1) is 18.2 Å². The summed E-state index contributed by atoms with van der Waals surface area (Å²) in [5.74, 6) is -0.0760. The summed E-state index contributed by atoms with van der Waals surface area (Å²) < 4.78 is 13.9. The van der Waals surface area contributed by atoms with Crippen LogP contribution in [0.4, 0.5) is 15.3 Å². The Balaban J connectivity index is 1.44. The molecule has 1 aliphatic rings. The number of aromatic nitrogens is 2. The summed E-state index contributed by atoms with van der Waals surface area (Å²) in [5, 5.41) is 18.2. The van der Waals surface area contributed by atoms with Crippen molar-refractivity contribution in [1.82, 2.24) is 19.0 Å². The van der Waals surface area contributed by atoms with Gasteiger partial charge in [0.2, 0.25) is 5.84 Å². The highest BCUT2D eigenvalue weighted by Gasteiger charge is 2.41. The van der Waals surface area contributed by atoms with E-state index < -0.39 is 28.2 Å². The van der Waals surface area contributed by atoms with Crippen molar-refractivity contribution in [3.05, 3.63) is 71.9 Å². The number of esters is 1. The Kier molecular flexibility index (Phi) is 7.88. The number of amidine groups is 1. The minimum absolute atomic E-state index is 0.153. The molecule has 0 saturated carbocycles. The van der Waals surface area contributed by atoms with Crippen LogP contribution in [0.25, 0.3) is 11.3 Å². The first-order chi connectivity index (χ1) is 18.5. The minimum Gasteiger partial charge on any atom is -0.497 e. The molecule has 0 radical (unpaired) electrons. The summed E-state index contributed by atoms with van der Waals surface area (Å²) in [7, 11) is 1.57.